The van der Waals surface area contributed by atoms with Gasteiger partial charge in [0.2, 0.25) is 17.3 Å². The van der Waals surface area contributed by atoms with E-state index in [1.165, 1.54) is 22.9 Å². The first kappa shape index (κ1) is 20.7. The van der Waals surface area contributed by atoms with E-state index in [2.05, 4.69) is 5.10 Å². The van der Waals surface area contributed by atoms with Crippen molar-refractivity contribution < 1.29 is 24.1 Å². The molecule has 35 heavy (non-hydrogen) atoms. The topological polar surface area (TPSA) is 119 Å². The van der Waals surface area contributed by atoms with Crippen molar-refractivity contribution >= 4 is 28.2 Å². The monoisotopic (exact) mass is 469 g/mol. The molecule has 0 unspecified atom stereocenters. The van der Waals surface area contributed by atoms with E-state index in [0.29, 0.717) is 17.9 Å². The number of nitrogens with zero attached hydrogens (tertiary/aromatic N) is 5. The Kier molecular flexibility index (Phi) is 4.66. The zero-order valence-electron chi connectivity index (χ0n) is 18.4. The largest absolute Gasteiger partial charge is 0.571 e. The number of rotatable bonds is 5. The Bertz CT molecular complexity index is 1550. The van der Waals surface area contributed by atoms with Crippen LogP contribution in [0.1, 0.15) is 38.5 Å². The standard InChI is InChI=1S/C25H19N5O5/c31-18-4-5-19-20(15-18)24(32)22-23(25(19)33)29(30(34)26-22)8-1-7-27-9-11-28(12-10-27)17-3-2-16-6-13-35-21(16)14-17/h2-6,9-15,31H,1,7-8H2. The van der Waals surface area contributed by atoms with Crippen LogP contribution < -0.4 is 9.86 Å². The molecule has 0 atom stereocenters. The molecule has 0 saturated heterocycles. The molecule has 0 radical (unpaired) electrons. The second-order valence-corrected chi connectivity index (χ2v) is 8.30. The third kappa shape index (κ3) is 3.43. The summed E-state index contributed by atoms with van der Waals surface area (Å²) in [5.74, 6) is -1.15. The van der Waals surface area contributed by atoms with Gasteiger partial charge < -0.3 is 24.5 Å². The molecule has 2 aliphatic rings. The lowest BCUT2D eigenvalue weighted by atomic mass is 9.90. The van der Waals surface area contributed by atoms with Gasteiger partial charge in [0.05, 0.1) is 12.8 Å². The van der Waals surface area contributed by atoms with Crippen molar-refractivity contribution in [3.63, 3.8) is 0 Å². The predicted molar refractivity (Wildman–Crippen MR) is 124 cm³/mol. The number of fused-ring (bicyclic) bond motifs is 3. The minimum absolute atomic E-state index is 0.0209. The van der Waals surface area contributed by atoms with Crippen LogP contribution in [0.4, 0.5) is 5.69 Å². The fraction of sp³-hybridized carbons (Fsp3) is 0.120. The van der Waals surface area contributed by atoms with Gasteiger partial charge >= 0.3 is 0 Å². The van der Waals surface area contributed by atoms with Crippen LogP contribution in [0.2, 0.25) is 0 Å². The lowest BCUT2D eigenvalue weighted by Gasteiger charge is -2.25. The van der Waals surface area contributed by atoms with Gasteiger partial charge in [-0.15, -0.1) is 4.68 Å². The zero-order valence-corrected chi connectivity index (χ0v) is 18.4. The molecule has 1 aliphatic heterocycles. The van der Waals surface area contributed by atoms with Crippen LogP contribution in [0.5, 0.6) is 5.75 Å². The molecule has 2 aromatic carbocycles. The normalized spacial score (nSPS) is 14.6. The number of anilines is 1. The third-order valence-corrected chi connectivity index (χ3v) is 6.16. The Morgan fingerprint density at radius 2 is 1.77 bits per heavy atom. The van der Waals surface area contributed by atoms with Crippen molar-refractivity contribution in [1.29, 1.82) is 0 Å². The van der Waals surface area contributed by atoms with E-state index in [1.807, 2.05) is 58.9 Å². The maximum Gasteiger partial charge on any atom is 0.221 e. The zero-order chi connectivity index (χ0) is 24.1. The molecule has 2 aromatic heterocycles. The number of phenolic OH excluding ortho intramolecular Hbond substituents is 1. The molecular weight excluding hydrogens is 450 g/mol. The predicted octanol–water partition coefficient (Wildman–Crippen LogP) is 2.90. The molecule has 1 aliphatic carbocycles. The van der Waals surface area contributed by atoms with Gasteiger partial charge in [-0.25, -0.2) is 0 Å². The first-order chi connectivity index (χ1) is 17.0. The highest BCUT2D eigenvalue weighted by molar-refractivity contribution is 6.27. The van der Waals surface area contributed by atoms with Gasteiger partial charge in [0.15, 0.2) is 5.69 Å². The molecular formula is C25H19N5O5. The van der Waals surface area contributed by atoms with Crippen LogP contribution >= 0.6 is 0 Å². The number of furan rings is 1. The number of benzene rings is 2. The van der Waals surface area contributed by atoms with E-state index < -0.39 is 11.6 Å². The minimum Gasteiger partial charge on any atom is -0.571 e. The van der Waals surface area contributed by atoms with E-state index in [9.17, 15) is 19.9 Å². The van der Waals surface area contributed by atoms with E-state index in [-0.39, 0.29) is 34.8 Å². The smallest absolute Gasteiger partial charge is 0.221 e. The second-order valence-electron chi connectivity index (χ2n) is 8.30. The second kappa shape index (κ2) is 7.87. The highest BCUT2D eigenvalue weighted by Crippen LogP contribution is 2.28. The molecule has 0 bridgehead atoms. The molecule has 6 rings (SSSR count). The van der Waals surface area contributed by atoms with Gasteiger partial charge in [-0.2, -0.15) is 0 Å². The molecule has 0 fully saturated rings. The maximum absolute atomic E-state index is 13.0. The Morgan fingerprint density at radius 1 is 0.943 bits per heavy atom. The van der Waals surface area contributed by atoms with Gasteiger partial charge in [0.25, 0.3) is 0 Å². The van der Waals surface area contributed by atoms with E-state index >= 15 is 0 Å². The lowest BCUT2D eigenvalue weighted by Crippen LogP contribution is -2.41. The van der Waals surface area contributed by atoms with Crippen molar-refractivity contribution in [2.45, 2.75) is 13.0 Å². The third-order valence-electron chi connectivity index (χ3n) is 6.16. The van der Waals surface area contributed by atoms with Gasteiger partial charge in [0, 0.05) is 69.7 Å². The molecule has 10 heteroatoms. The van der Waals surface area contributed by atoms with Gasteiger partial charge in [-0.05, 0) is 42.8 Å². The SMILES string of the molecule is O=C1c2cc(O)ccc2C(=O)c2c1n[n+]([O-])n2CCCN1C=CN(c2ccc3ccoc3c2)C=C1. The fourth-order valence-electron chi connectivity index (χ4n) is 4.39. The Balaban J connectivity index is 1.14. The summed E-state index contributed by atoms with van der Waals surface area (Å²) >= 11 is 0. The number of aromatic hydroxyl groups is 1. The van der Waals surface area contributed by atoms with Gasteiger partial charge in [-0.3, -0.25) is 9.59 Å². The summed E-state index contributed by atoms with van der Waals surface area (Å²) in [7, 11) is 0. The van der Waals surface area contributed by atoms with Crippen LogP contribution in [0.25, 0.3) is 11.0 Å². The summed E-state index contributed by atoms with van der Waals surface area (Å²) in [6.07, 6.45) is 9.86. The number of hydrogen-bond acceptors (Lipinski definition) is 8. The minimum atomic E-state index is -0.552. The number of phenols is 1. The van der Waals surface area contributed by atoms with Crippen molar-refractivity contribution in [2.24, 2.45) is 0 Å². The van der Waals surface area contributed by atoms with E-state index in [4.69, 9.17) is 4.42 Å². The maximum atomic E-state index is 13.0. The number of ketones is 2. The summed E-state index contributed by atoms with van der Waals surface area (Å²) in [6.45, 7) is 0.785. The highest BCUT2D eigenvalue weighted by Gasteiger charge is 2.39. The summed E-state index contributed by atoms with van der Waals surface area (Å²) in [6, 6.07) is 11.8. The lowest BCUT2D eigenvalue weighted by molar-refractivity contribution is -0.749. The number of aromatic nitrogens is 3. The Labute approximate surface area is 198 Å². The molecule has 0 amide bonds. The average Bonchev–Trinajstić information content (AvgIpc) is 3.47. The highest BCUT2D eigenvalue weighted by atomic mass is 16.5. The van der Waals surface area contributed by atoms with Crippen LogP contribution in [0.15, 0.2) is 77.9 Å². The van der Waals surface area contributed by atoms with Gasteiger partial charge in [0.1, 0.15) is 11.3 Å². The summed E-state index contributed by atoms with van der Waals surface area (Å²) < 4.78 is 6.66. The van der Waals surface area contributed by atoms with Crippen molar-refractivity contribution in [2.75, 3.05) is 11.4 Å². The first-order valence-electron chi connectivity index (χ1n) is 11.0. The van der Waals surface area contributed by atoms with E-state index in [0.717, 1.165) is 16.7 Å². The summed E-state index contributed by atoms with van der Waals surface area (Å²) in [5, 5.41) is 26.9. The molecule has 3 heterocycles. The van der Waals surface area contributed by atoms with Crippen molar-refractivity contribution in [3.05, 3.63) is 101 Å². The Morgan fingerprint density at radius 3 is 2.60 bits per heavy atom. The quantitative estimate of drug-likeness (QED) is 0.308. The molecule has 174 valence electrons. The molecule has 10 nitrogen and oxygen atoms in total. The number of hydrogen-bond donors (Lipinski definition) is 1. The Hall–Kier alpha value is -4.86. The molecule has 4 aromatic rings. The number of carbonyl (C=O) groups excluding carboxylic acids is 2. The van der Waals surface area contributed by atoms with Crippen molar-refractivity contribution in [3.8, 4) is 5.75 Å². The van der Waals surface area contributed by atoms with Crippen LogP contribution in [0.3, 0.4) is 0 Å². The summed E-state index contributed by atoms with van der Waals surface area (Å²) in [4.78, 5) is 30.0. The average molecular weight is 469 g/mol. The van der Waals surface area contributed by atoms with Crippen molar-refractivity contribution in [1.82, 2.24) is 14.7 Å². The first-order valence-corrected chi connectivity index (χ1v) is 11.0. The van der Waals surface area contributed by atoms with Crippen LogP contribution in [0, 0.1) is 5.21 Å². The van der Waals surface area contributed by atoms with Gasteiger partial charge in [-0.1, -0.05) is 0 Å². The molecule has 0 spiro atoms. The van der Waals surface area contributed by atoms with Crippen LogP contribution in [-0.2, 0) is 6.54 Å². The number of carbonyl (C=O) groups is 2. The molecule has 1 N–H and O–H groups in total. The summed E-state index contributed by atoms with van der Waals surface area (Å²) in [5.41, 5.74) is 1.77. The van der Waals surface area contributed by atoms with E-state index in [1.54, 1.807) is 6.26 Å². The fourth-order valence-corrected chi connectivity index (χ4v) is 4.39. The molecule has 0 saturated carbocycles. The van der Waals surface area contributed by atoms with Crippen LogP contribution in [-0.4, -0.2) is 37.9 Å².